The minimum Gasteiger partial charge on any atom is -0.394 e. The number of nitrogens with zero attached hydrogens (tertiary/aromatic N) is 1. The lowest BCUT2D eigenvalue weighted by Gasteiger charge is -2.28. The van der Waals surface area contributed by atoms with E-state index in [9.17, 15) is 4.79 Å². The molecule has 0 atom stereocenters. The first-order chi connectivity index (χ1) is 9.00. The number of aromatic nitrogens is 1. The molecule has 0 saturated heterocycles. The summed E-state index contributed by atoms with van der Waals surface area (Å²) in [6, 6.07) is 2.95. The van der Waals surface area contributed by atoms with Gasteiger partial charge in [-0.2, -0.15) is 0 Å². The number of aryl methyl sites for hydroxylation is 1. The van der Waals surface area contributed by atoms with E-state index in [1.807, 2.05) is 6.92 Å². The highest BCUT2D eigenvalue weighted by Crippen LogP contribution is 2.13. The zero-order chi connectivity index (χ0) is 14.5. The summed E-state index contributed by atoms with van der Waals surface area (Å²) in [5, 5.41) is 30.0. The first kappa shape index (κ1) is 15.8. The third-order valence-corrected chi connectivity index (χ3v) is 2.95. The van der Waals surface area contributed by atoms with Gasteiger partial charge in [-0.3, -0.25) is 4.79 Å². The predicted molar refractivity (Wildman–Crippen MR) is 70.1 cm³/mol. The smallest absolute Gasteiger partial charge is 0.252 e. The Morgan fingerprint density at radius 1 is 1.32 bits per heavy atom. The number of carbonyl (C=O) groups excluding carboxylic acids is 1. The lowest BCUT2D eigenvalue weighted by molar-refractivity contribution is 0.0375. The molecule has 0 bridgehead atoms. The van der Waals surface area contributed by atoms with Crippen molar-refractivity contribution in [1.82, 2.24) is 10.3 Å². The van der Waals surface area contributed by atoms with E-state index in [1.54, 1.807) is 6.07 Å². The van der Waals surface area contributed by atoms with Gasteiger partial charge in [0.15, 0.2) is 0 Å². The van der Waals surface area contributed by atoms with Crippen LogP contribution in [0.15, 0.2) is 12.1 Å². The number of rotatable bonds is 6. The van der Waals surface area contributed by atoms with Gasteiger partial charge in [0, 0.05) is 11.3 Å². The van der Waals surface area contributed by atoms with Gasteiger partial charge in [0.2, 0.25) is 0 Å². The highest BCUT2D eigenvalue weighted by Gasteiger charge is 2.30. The maximum absolute atomic E-state index is 12.0. The largest absolute Gasteiger partial charge is 0.394 e. The van der Waals surface area contributed by atoms with Crippen molar-refractivity contribution in [1.29, 1.82) is 0 Å². The average Bonchev–Trinajstić information content (AvgIpc) is 2.44. The Bertz CT molecular complexity index is 441. The molecule has 0 aromatic carbocycles. The van der Waals surface area contributed by atoms with Gasteiger partial charge in [0.1, 0.15) is 10.7 Å². The molecule has 1 aromatic rings. The molecule has 106 valence electrons. The first-order valence-electron chi connectivity index (χ1n) is 5.82. The second-order valence-electron chi connectivity index (χ2n) is 4.23. The molecule has 1 heterocycles. The number of halogens is 1. The highest BCUT2D eigenvalue weighted by molar-refractivity contribution is 6.29. The molecular formula is C12H17ClN2O4. The van der Waals surface area contributed by atoms with Gasteiger partial charge in [0.05, 0.1) is 19.8 Å². The molecule has 0 fully saturated rings. The molecule has 0 spiro atoms. The van der Waals surface area contributed by atoms with Crippen LogP contribution >= 0.6 is 11.6 Å². The summed E-state index contributed by atoms with van der Waals surface area (Å²) in [5.41, 5.74) is -0.545. The van der Waals surface area contributed by atoms with Crippen molar-refractivity contribution >= 4 is 17.5 Å². The summed E-state index contributed by atoms with van der Waals surface area (Å²) in [6.07, 6.45) is 0.617. The minimum atomic E-state index is -1.46. The van der Waals surface area contributed by atoms with E-state index in [0.29, 0.717) is 12.1 Å². The Kier molecular flexibility index (Phi) is 5.68. The van der Waals surface area contributed by atoms with Crippen LogP contribution in [0.5, 0.6) is 0 Å². The second kappa shape index (κ2) is 6.81. The van der Waals surface area contributed by atoms with Crippen LogP contribution in [-0.2, 0) is 6.42 Å². The van der Waals surface area contributed by atoms with E-state index in [-0.39, 0.29) is 10.7 Å². The van der Waals surface area contributed by atoms with Crippen LogP contribution in [0, 0.1) is 0 Å². The highest BCUT2D eigenvalue weighted by atomic mass is 35.5. The summed E-state index contributed by atoms with van der Waals surface area (Å²) >= 11 is 5.81. The predicted octanol–water partition coefficient (Wildman–Crippen LogP) is -0.257. The molecule has 0 aliphatic heterocycles. The van der Waals surface area contributed by atoms with Crippen LogP contribution < -0.4 is 5.32 Å². The van der Waals surface area contributed by atoms with Gasteiger partial charge in [-0.25, -0.2) is 4.98 Å². The van der Waals surface area contributed by atoms with Crippen LogP contribution in [-0.4, -0.2) is 51.6 Å². The van der Waals surface area contributed by atoms with Crippen LogP contribution in [0.25, 0.3) is 0 Å². The van der Waals surface area contributed by atoms with Crippen molar-refractivity contribution in [3.05, 3.63) is 28.5 Å². The van der Waals surface area contributed by atoms with Gasteiger partial charge in [-0.05, 0) is 18.6 Å². The Balaban J connectivity index is 2.97. The molecule has 6 nitrogen and oxygen atoms in total. The number of hydrogen-bond donors (Lipinski definition) is 4. The van der Waals surface area contributed by atoms with E-state index in [2.05, 4.69) is 10.3 Å². The lowest BCUT2D eigenvalue weighted by Crippen LogP contribution is -2.57. The summed E-state index contributed by atoms with van der Waals surface area (Å²) in [7, 11) is 0. The summed E-state index contributed by atoms with van der Waals surface area (Å²) in [6.45, 7) is 0.140. The third kappa shape index (κ3) is 3.87. The normalized spacial score (nSPS) is 11.4. The van der Waals surface area contributed by atoms with Gasteiger partial charge in [-0.15, -0.1) is 0 Å². The van der Waals surface area contributed by atoms with Gasteiger partial charge in [-0.1, -0.05) is 18.5 Å². The Hall–Kier alpha value is -1.21. The average molecular weight is 289 g/mol. The number of aliphatic hydroxyl groups excluding tert-OH is 3. The SMILES string of the molecule is CCc1cc(C(=O)NC(CO)(CO)CO)cc(Cl)n1. The van der Waals surface area contributed by atoms with Crippen LogP contribution in [0.4, 0.5) is 0 Å². The van der Waals surface area contributed by atoms with Crippen LogP contribution in [0.2, 0.25) is 5.15 Å². The van der Waals surface area contributed by atoms with Gasteiger partial charge < -0.3 is 20.6 Å². The van der Waals surface area contributed by atoms with E-state index < -0.39 is 31.3 Å². The number of pyridine rings is 1. The molecule has 0 radical (unpaired) electrons. The number of amides is 1. The fourth-order valence-electron chi connectivity index (χ4n) is 1.45. The summed E-state index contributed by atoms with van der Waals surface area (Å²) in [4.78, 5) is 16.1. The Labute approximate surface area is 116 Å². The molecule has 0 aliphatic rings. The zero-order valence-corrected chi connectivity index (χ0v) is 11.3. The zero-order valence-electron chi connectivity index (χ0n) is 10.6. The van der Waals surface area contributed by atoms with Crippen molar-refractivity contribution < 1.29 is 20.1 Å². The Morgan fingerprint density at radius 3 is 2.37 bits per heavy atom. The van der Waals surface area contributed by atoms with Crippen LogP contribution in [0.3, 0.4) is 0 Å². The molecule has 7 heteroatoms. The van der Waals surface area contributed by atoms with Gasteiger partial charge in [0.25, 0.3) is 5.91 Å². The molecule has 4 N–H and O–H groups in total. The maximum atomic E-state index is 12.0. The molecule has 19 heavy (non-hydrogen) atoms. The van der Waals surface area contributed by atoms with E-state index in [0.717, 1.165) is 0 Å². The van der Waals surface area contributed by atoms with E-state index in [1.165, 1.54) is 6.07 Å². The molecule has 1 rings (SSSR count). The van der Waals surface area contributed by atoms with E-state index >= 15 is 0 Å². The molecule has 0 saturated carbocycles. The molecule has 0 unspecified atom stereocenters. The first-order valence-corrected chi connectivity index (χ1v) is 6.19. The number of hydrogen-bond acceptors (Lipinski definition) is 5. The molecule has 0 aliphatic carbocycles. The molecular weight excluding hydrogens is 272 g/mol. The molecule has 1 aromatic heterocycles. The number of carbonyl (C=O) groups is 1. The Morgan fingerprint density at radius 2 is 1.89 bits per heavy atom. The summed E-state index contributed by atoms with van der Waals surface area (Å²) < 4.78 is 0. The van der Waals surface area contributed by atoms with E-state index in [4.69, 9.17) is 26.9 Å². The van der Waals surface area contributed by atoms with Crippen molar-refractivity contribution in [3.63, 3.8) is 0 Å². The van der Waals surface area contributed by atoms with Crippen molar-refractivity contribution in [3.8, 4) is 0 Å². The monoisotopic (exact) mass is 288 g/mol. The van der Waals surface area contributed by atoms with Crippen molar-refractivity contribution in [2.45, 2.75) is 18.9 Å². The van der Waals surface area contributed by atoms with Crippen LogP contribution in [0.1, 0.15) is 23.0 Å². The molecule has 1 amide bonds. The maximum Gasteiger partial charge on any atom is 0.252 e. The number of aliphatic hydroxyl groups is 3. The fourth-order valence-corrected chi connectivity index (χ4v) is 1.67. The summed E-state index contributed by atoms with van der Waals surface area (Å²) in [5.74, 6) is -0.545. The second-order valence-corrected chi connectivity index (χ2v) is 4.62. The van der Waals surface area contributed by atoms with Crippen molar-refractivity contribution in [2.75, 3.05) is 19.8 Å². The minimum absolute atomic E-state index is 0.187. The topological polar surface area (TPSA) is 103 Å². The third-order valence-electron chi connectivity index (χ3n) is 2.76. The quantitative estimate of drug-likeness (QED) is 0.540. The van der Waals surface area contributed by atoms with Gasteiger partial charge >= 0.3 is 0 Å². The van der Waals surface area contributed by atoms with Crippen molar-refractivity contribution in [2.24, 2.45) is 0 Å². The standard InChI is InChI=1S/C12H17ClN2O4/c1-2-9-3-8(4-10(13)14-9)11(19)15-12(5-16,6-17)7-18/h3-4,16-18H,2,5-7H2,1H3,(H,15,19). The lowest BCUT2D eigenvalue weighted by atomic mass is 10.0. The number of nitrogens with one attached hydrogen (secondary N) is 1. The fraction of sp³-hybridized carbons (Fsp3) is 0.500.